The smallest absolute Gasteiger partial charge is 0.243 e. The second kappa shape index (κ2) is 9.43. The van der Waals surface area contributed by atoms with E-state index < -0.39 is 10.0 Å². The molecule has 0 radical (unpaired) electrons. The van der Waals surface area contributed by atoms with Gasteiger partial charge in [0.2, 0.25) is 15.9 Å². The number of carbonyl (C=O) groups is 1. The predicted octanol–water partition coefficient (Wildman–Crippen LogP) is 4.05. The first kappa shape index (κ1) is 22.7. The zero-order valence-electron chi connectivity index (χ0n) is 16.5. The minimum Gasteiger partial charge on any atom is -0.493 e. The van der Waals surface area contributed by atoms with Crippen molar-refractivity contribution in [3.63, 3.8) is 0 Å². The average molecular weight is 473 g/mol. The number of benzene rings is 2. The van der Waals surface area contributed by atoms with Crippen LogP contribution >= 0.6 is 23.2 Å². The summed E-state index contributed by atoms with van der Waals surface area (Å²) in [6.07, 6.45) is 0.813. The maximum Gasteiger partial charge on any atom is 0.243 e. The highest BCUT2D eigenvalue weighted by molar-refractivity contribution is 7.89. The summed E-state index contributed by atoms with van der Waals surface area (Å²) in [7, 11) is -0.774. The van der Waals surface area contributed by atoms with Crippen molar-refractivity contribution in [1.29, 1.82) is 0 Å². The Balaban J connectivity index is 1.66. The van der Waals surface area contributed by atoms with E-state index in [4.69, 9.17) is 32.7 Å². The molecule has 1 N–H and O–H groups in total. The Morgan fingerprint density at radius 3 is 2.30 bits per heavy atom. The number of nitrogens with zero attached hydrogens (tertiary/aromatic N) is 1. The van der Waals surface area contributed by atoms with E-state index in [2.05, 4.69) is 5.32 Å². The molecule has 30 heavy (non-hydrogen) atoms. The summed E-state index contributed by atoms with van der Waals surface area (Å²) in [4.78, 5) is 12.7. The molecule has 0 unspecified atom stereocenters. The van der Waals surface area contributed by atoms with Gasteiger partial charge < -0.3 is 14.8 Å². The van der Waals surface area contributed by atoms with E-state index in [1.807, 2.05) is 0 Å². The summed E-state index contributed by atoms with van der Waals surface area (Å²) in [5.74, 6) is 0.288. The Morgan fingerprint density at radius 2 is 1.70 bits per heavy atom. The molecule has 2 aromatic carbocycles. The summed E-state index contributed by atoms with van der Waals surface area (Å²) in [6.45, 7) is 0.478. The molecule has 162 valence electrons. The summed E-state index contributed by atoms with van der Waals surface area (Å²) >= 11 is 12.0. The van der Waals surface area contributed by atoms with Gasteiger partial charge >= 0.3 is 0 Å². The fourth-order valence-corrected chi connectivity index (χ4v) is 5.25. The van der Waals surface area contributed by atoms with E-state index in [1.165, 1.54) is 30.7 Å². The van der Waals surface area contributed by atoms with Crippen LogP contribution in [0.3, 0.4) is 0 Å². The van der Waals surface area contributed by atoms with Crippen LogP contribution in [0.2, 0.25) is 10.0 Å². The van der Waals surface area contributed by atoms with Gasteiger partial charge in [-0.1, -0.05) is 23.2 Å². The normalized spacial score (nSPS) is 15.6. The van der Waals surface area contributed by atoms with Gasteiger partial charge in [0, 0.05) is 30.1 Å². The van der Waals surface area contributed by atoms with E-state index in [-0.39, 0.29) is 29.8 Å². The first-order valence-electron chi connectivity index (χ1n) is 9.24. The SMILES string of the molecule is COc1ccc(S(=O)(=O)N2CCC(C(=O)Nc3ccc(Cl)cc3Cl)CC2)cc1OC. The summed E-state index contributed by atoms with van der Waals surface area (Å²) in [5.41, 5.74) is 0.478. The zero-order chi connectivity index (χ0) is 21.9. The molecule has 0 atom stereocenters. The molecule has 10 heteroatoms. The number of sulfonamides is 1. The van der Waals surface area contributed by atoms with Crippen LogP contribution in [0.15, 0.2) is 41.3 Å². The second-order valence-corrected chi connectivity index (χ2v) is 9.59. The van der Waals surface area contributed by atoms with Gasteiger partial charge in [0.05, 0.1) is 29.8 Å². The molecule has 0 spiro atoms. The highest BCUT2D eigenvalue weighted by Gasteiger charge is 2.32. The lowest BCUT2D eigenvalue weighted by Crippen LogP contribution is -2.41. The van der Waals surface area contributed by atoms with Crippen molar-refractivity contribution >= 4 is 44.8 Å². The topological polar surface area (TPSA) is 84.9 Å². The fourth-order valence-electron chi connectivity index (χ4n) is 3.31. The number of amides is 1. The predicted molar refractivity (Wildman–Crippen MR) is 116 cm³/mol. The van der Waals surface area contributed by atoms with E-state index in [1.54, 1.807) is 24.3 Å². The summed E-state index contributed by atoms with van der Waals surface area (Å²) < 4.78 is 37.7. The van der Waals surface area contributed by atoms with E-state index in [9.17, 15) is 13.2 Å². The molecule has 1 saturated heterocycles. The number of hydrogen-bond donors (Lipinski definition) is 1. The standard InChI is InChI=1S/C20H22Cl2N2O5S/c1-28-18-6-4-15(12-19(18)29-2)30(26,27)24-9-7-13(8-10-24)20(25)23-17-5-3-14(21)11-16(17)22/h3-6,11-13H,7-10H2,1-2H3,(H,23,25). The number of anilines is 1. The van der Waals surface area contributed by atoms with E-state index in [0.29, 0.717) is 40.1 Å². The van der Waals surface area contributed by atoms with Crippen LogP contribution in [0.1, 0.15) is 12.8 Å². The Bertz CT molecular complexity index is 1040. The van der Waals surface area contributed by atoms with Crippen molar-refractivity contribution in [2.45, 2.75) is 17.7 Å². The zero-order valence-corrected chi connectivity index (χ0v) is 18.9. The van der Waals surface area contributed by atoms with Crippen molar-refractivity contribution in [1.82, 2.24) is 4.31 Å². The number of hydrogen-bond acceptors (Lipinski definition) is 5. The molecule has 1 heterocycles. The molecule has 0 aliphatic carbocycles. The van der Waals surface area contributed by atoms with Gasteiger partial charge in [-0.3, -0.25) is 4.79 Å². The highest BCUT2D eigenvalue weighted by atomic mass is 35.5. The third-order valence-corrected chi connectivity index (χ3v) is 7.45. The minimum absolute atomic E-state index is 0.121. The average Bonchev–Trinajstić information content (AvgIpc) is 2.75. The maximum atomic E-state index is 13.0. The molecule has 0 bridgehead atoms. The van der Waals surface area contributed by atoms with Crippen molar-refractivity contribution in [2.75, 3.05) is 32.6 Å². The van der Waals surface area contributed by atoms with Crippen LogP contribution < -0.4 is 14.8 Å². The van der Waals surface area contributed by atoms with Crippen molar-refractivity contribution < 1.29 is 22.7 Å². The summed E-state index contributed by atoms with van der Waals surface area (Å²) in [6, 6.07) is 9.31. The summed E-state index contributed by atoms with van der Waals surface area (Å²) in [5, 5.41) is 3.62. The second-order valence-electron chi connectivity index (χ2n) is 6.81. The van der Waals surface area contributed by atoms with Crippen LogP contribution in [-0.2, 0) is 14.8 Å². The van der Waals surface area contributed by atoms with Gasteiger partial charge in [-0.2, -0.15) is 4.31 Å². The first-order valence-corrected chi connectivity index (χ1v) is 11.4. The van der Waals surface area contributed by atoms with Crippen molar-refractivity contribution in [3.05, 3.63) is 46.4 Å². The van der Waals surface area contributed by atoms with Crippen LogP contribution in [0, 0.1) is 5.92 Å². The van der Waals surface area contributed by atoms with Gasteiger partial charge in [0.25, 0.3) is 0 Å². The monoisotopic (exact) mass is 472 g/mol. The fraction of sp³-hybridized carbons (Fsp3) is 0.350. The Labute approximate surface area is 185 Å². The van der Waals surface area contributed by atoms with Crippen molar-refractivity contribution in [2.24, 2.45) is 5.92 Å². The van der Waals surface area contributed by atoms with E-state index >= 15 is 0 Å². The number of carbonyl (C=O) groups excluding carboxylic acids is 1. The molecular weight excluding hydrogens is 451 g/mol. The largest absolute Gasteiger partial charge is 0.493 e. The quantitative estimate of drug-likeness (QED) is 0.685. The minimum atomic E-state index is -3.71. The number of piperidine rings is 1. The van der Waals surface area contributed by atoms with Gasteiger partial charge in [-0.15, -0.1) is 0 Å². The van der Waals surface area contributed by atoms with Crippen LogP contribution in [0.5, 0.6) is 11.5 Å². The molecule has 0 aromatic heterocycles. The molecular formula is C20H22Cl2N2O5S. The number of methoxy groups -OCH3 is 2. The number of halogens is 2. The van der Waals surface area contributed by atoms with Crippen LogP contribution in [-0.4, -0.2) is 45.9 Å². The Kier molecular flexibility index (Phi) is 7.13. The van der Waals surface area contributed by atoms with Gasteiger partial charge in [-0.25, -0.2) is 8.42 Å². The third-order valence-electron chi connectivity index (χ3n) is 5.01. The molecule has 3 rings (SSSR count). The number of nitrogens with one attached hydrogen (secondary N) is 1. The van der Waals surface area contributed by atoms with Gasteiger partial charge in [0.15, 0.2) is 11.5 Å². The molecule has 1 amide bonds. The lowest BCUT2D eigenvalue weighted by molar-refractivity contribution is -0.120. The molecule has 1 fully saturated rings. The third kappa shape index (κ3) is 4.83. The van der Waals surface area contributed by atoms with Crippen molar-refractivity contribution in [3.8, 4) is 11.5 Å². The first-order chi connectivity index (χ1) is 14.3. The number of rotatable bonds is 6. The van der Waals surface area contributed by atoms with E-state index in [0.717, 1.165) is 0 Å². The van der Waals surface area contributed by atoms with Gasteiger partial charge in [0.1, 0.15) is 0 Å². The Morgan fingerprint density at radius 1 is 1.03 bits per heavy atom. The molecule has 1 aliphatic rings. The molecule has 2 aromatic rings. The van der Waals surface area contributed by atoms with Crippen LogP contribution in [0.4, 0.5) is 5.69 Å². The van der Waals surface area contributed by atoms with Crippen LogP contribution in [0.25, 0.3) is 0 Å². The number of ether oxygens (including phenoxy) is 2. The molecule has 7 nitrogen and oxygen atoms in total. The lowest BCUT2D eigenvalue weighted by atomic mass is 9.97. The highest BCUT2D eigenvalue weighted by Crippen LogP contribution is 2.32. The maximum absolute atomic E-state index is 13.0. The molecule has 0 saturated carbocycles. The molecule has 1 aliphatic heterocycles. The Hall–Kier alpha value is -2.00. The van der Waals surface area contributed by atoms with Gasteiger partial charge in [-0.05, 0) is 43.2 Å². The lowest BCUT2D eigenvalue weighted by Gasteiger charge is -2.30.